The SMILES string of the molecule is CC(C)(C)CC(=O)Nc1ccccc1CCCCCc1ccccc1C(=O)O.O=C(Nc1ccccc1CCCCCc1ccccc1C(=O)O)c1ccc(F)cc1.O=C(Nc1ccccc1CCCCCc1ccccc1C(=O)O)c1ccccc1.O=C(Nc1ccccc1CCCCCc1ccccc1C(=O)O)c1ccccc1Cl.O=C(O)c1ccccc1CCCCCc1ccccc1NC(=O)c1cccc2ccccc12. The fourth-order valence-corrected chi connectivity index (χ4v) is 18.0. The number of carboxylic acids is 5. The molecule has 0 aliphatic carbocycles. The lowest BCUT2D eigenvalue weighted by atomic mass is 9.92. The number of rotatable bonds is 45. The Balaban J connectivity index is 0.000000178. The lowest BCUT2D eigenvalue weighted by Crippen LogP contribution is -2.20. The second-order valence-corrected chi connectivity index (χ2v) is 38.3. The van der Waals surface area contributed by atoms with E-state index in [4.69, 9.17) is 11.6 Å². The molecule has 0 unspecified atom stereocenters. The first-order valence-electron chi connectivity index (χ1n) is 51.2. The van der Waals surface area contributed by atoms with Crippen molar-refractivity contribution < 1.29 is 77.9 Å². The molecule has 0 bridgehead atoms. The van der Waals surface area contributed by atoms with Crippen LogP contribution in [0.1, 0.15) is 272 Å². The zero-order valence-corrected chi connectivity index (χ0v) is 85.9. The van der Waals surface area contributed by atoms with Crippen molar-refractivity contribution in [1.82, 2.24) is 0 Å². The Morgan fingerprint density at radius 2 is 0.453 bits per heavy atom. The molecule has 5 amide bonds. The lowest BCUT2D eigenvalue weighted by molar-refractivity contribution is -0.117. The summed E-state index contributed by atoms with van der Waals surface area (Å²) in [4.78, 5) is 119. The number of nitrogens with one attached hydrogen (secondary N) is 5. The fraction of sp³-hybridized carbons (Fsp3) is 0.234. The van der Waals surface area contributed by atoms with E-state index < -0.39 is 29.8 Å². The van der Waals surface area contributed by atoms with E-state index in [0.717, 1.165) is 255 Å². The smallest absolute Gasteiger partial charge is 0.335 e. The van der Waals surface area contributed by atoms with Gasteiger partial charge in [-0.25, -0.2) is 28.4 Å². The van der Waals surface area contributed by atoms with Gasteiger partial charge in [-0.05, 0) is 315 Å². The maximum absolute atomic E-state index is 13.1. The summed E-state index contributed by atoms with van der Waals surface area (Å²) < 4.78 is 13.1. The van der Waals surface area contributed by atoms with Gasteiger partial charge in [0.1, 0.15) is 5.82 Å². The first kappa shape index (κ1) is 114. The molecule has 0 saturated carbocycles. The zero-order valence-electron chi connectivity index (χ0n) is 85.1. The molecular formula is C128H131ClFN5O15. The number of anilines is 5. The third-order valence-corrected chi connectivity index (χ3v) is 25.9. The van der Waals surface area contributed by atoms with E-state index in [9.17, 15) is 77.9 Å². The molecule has 0 aromatic heterocycles. The van der Waals surface area contributed by atoms with E-state index in [0.29, 0.717) is 61.5 Å². The van der Waals surface area contributed by atoms with Crippen molar-refractivity contribution in [2.75, 3.05) is 26.6 Å². The number of amides is 5. The van der Waals surface area contributed by atoms with Gasteiger partial charge in [-0.1, -0.05) is 313 Å². The molecule has 0 radical (unpaired) electrons. The van der Waals surface area contributed by atoms with Gasteiger partial charge in [0.05, 0.1) is 38.4 Å². The number of unbranched alkanes of at least 4 members (excludes halogenated alkanes) is 10. The van der Waals surface area contributed by atoms with E-state index in [1.807, 2.05) is 231 Å². The molecule has 772 valence electrons. The molecular weight excluding hydrogens is 1900 g/mol. The van der Waals surface area contributed by atoms with Crippen molar-refractivity contribution >= 4 is 110 Å². The maximum Gasteiger partial charge on any atom is 0.335 e. The number of carboxylic acid groups (broad SMARTS) is 5. The van der Waals surface area contributed by atoms with Gasteiger partial charge in [-0.15, -0.1) is 0 Å². The van der Waals surface area contributed by atoms with Gasteiger partial charge < -0.3 is 52.1 Å². The Kier molecular flexibility index (Phi) is 45.9. The average molecular weight is 2030 g/mol. The Labute approximate surface area is 882 Å². The fourth-order valence-electron chi connectivity index (χ4n) is 17.8. The first-order chi connectivity index (χ1) is 72.6. The normalized spacial score (nSPS) is 10.7. The van der Waals surface area contributed by atoms with Crippen LogP contribution in [0.2, 0.25) is 5.02 Å². The van der Waals surface area contributed by atoms with Crippen LogP contribution >= 0.6 is 11.6 Å². The molecule has 15 aromatic carbocycles. The predicted octanol–water partition coefficient (Wildman–Crippen LogP) is 30.0. The van der Waals surface area contributed by atoms with Crippen molar-refractivity contribution in [3.05, 3.63) is 481 Å². The third kappa shape index (κ3) is 37.5. The molecule has 0 spiro atoms. The number of halogens is 2. The molecule has 22 heteroatoms. The summed E-state index contributed by atoms with van der Waals surface area (Å²) in [7, 11) is 0. The van der Waals surface area contributed by atoms with Crippen molar-refractivity contribution in [3.8, 4) is 0 Å². The van der Waals surface area contributed by atoms with Crippen LogP contribution in [0, 0.1) is 11.2 Å². The second-order valence-electron chi connectivity index (χ2n) is 37.9. The second kappa shape index (κ2) is 60.6. The number of benzene rings is 15. The molecule has 0 heterocycles. The van der Waals surface area contributed by atoms with Gasteiger partial charge >= 0.3 is 29.8 Å². The number of aromatic carboxylic acids is 5. The summed E-state index contributed by atoms with van der Waals surface area (Å²) >= 11 is 6.13. The Hall–Kier alpha value is -16.5. The van der Waals surface area contributed by atoms with Crippen LogP contribution in [0.25, 0.3) is 10.8 Å². The van der Waals surface area contributed by atoms with Crippen LogP contribution < -0.4 is 26.6 Å². The maximum atomic E-state index is 13.1. The van der Waals surface area contributed by atoms with Gasteiger partial charge in [0.25, 0.3) is 23.6 Å². The molecule has 0 aliphatic rings. The Bertz CT molecular complexity index is 7020. The molecule has 10 N–H and O–H groups in total. The van der Waals surface area contributed by atoms with Gasteiger partial charge in [-0.3, -0.25) is 24.0 Å². The summed E-state index contributed by atoms with van der Waals surface area (Å²) in [5, 5.41) is 63.8. The number of carbonyl (C=O) groups excluding carboxylic acids is 5. The topological polar surface area (TPSA) is 332 Å². The van der Waals surface area contributed by atoms with E-state index in [-0.39, 0.29) is 40.8 Å². The van der Waals surface area contributed by atoms with Crippen molar-refractivity contribution in [2.24, 2.45) is 5.41 Å². The molecule has 15 rings (SSSR count). The molecule has 0 fully saturated rings. The predicted molar refractivity (Wildman–Crippen MR) is 598 cm³/mol. The number of hydrogen-bond donors (Lipinski definition) is 10. The van der Waals surface area contributed by atoms with Crippen molar-refractivity contribution in [3.63, 3.8) is 0 Å². The van der Waals surface area contributed by atoms with Gasteiger partial charge in [-0.2, -0.15) is 0 Å². The summed E-state index contributed by atoms with van der Waals surface area (Å²) in [6.45, 7) is 6.17. The molecule has 0 saturated heterocycles. The van der Waals surface area contributed by atoms with E-state index in [2.05, 4.69) is 59.5 Å². The van der Waals surface area contributed by atoms with Gasteiger partial charge in [0, 0.05) is 51.5 Å². The number of para-hydroxylation sites is 5. The minimum Gasteiger partial charge on any atom is -0.478 e. The molecule has 20 nitrogen and oxygen atoms in total. The highest BCUT2D eigenvalue weighted by Crippen LogP contribution is 2.31. The minimum atomic E-state index is -0.892. The quantitative estimate of drug-likeness (QED) is 0.0159. The monoisotopic (exact) mass is 2030 g/mol. The van der Waals surface area contributed by atoms with Crippen molar-refractivity contribution in [1.29, 1.82) is 0 Å². The Morgan fingerprint density at radius 1 is 0.227 bits per heavy atom. The highest BCUT2D eigenvalue weighted by Gasteiger charge is 2.22. The number of hydrogen-bond acceptors (Lipinski definition) is 10. The van der Waals surface area contributed by atoms with E-state index in [1.165, 1.54) is 24.3 Å². The Morgan fingerprint density at radius 3 is 0.760 bits per heavy atom. The zero-order chi connectivity index (χ0) is 107. The number of fused-ring (bicyclic) bond motifs is 1. The standard InChI is InChI=1S/C29H27NO3.C25H24ClNO3.C25H24FNO3.C25H25NO3.C24H31NO3/c31-28(26-19-10-16-21-12-4-7-17-24(21)26)30-27-20-9-6-15-23(27)14-3-1-2-11-22-13-5-8-18-25(22)29(32)33;26-22-16-8-7-15-21(22)24(28)27-23-17-9-5-13-19(23)12-3-1-2-10-18-11-4-6-14-20(18)25(29)30;26-21-16-14-20(15-17-21)24(28)27-23-13-7-5-11-19(23)10-3-1-2-8-18-9-4-6-12-22(18)25(29)30;27-24(21-15-5-2-6-16-21)26-23-18-10-8-14-20(23)13-4-1-3-11-19-12-7-9-17-22(19)25(28)29;1-24(2,3)17-22(26)25-21-16-10-8-14-19(21)13-6-4-5-11-18-12-7-9-15-20(18)23(27)28/h4-10,12-13,15-20H,1-3,11,14H2,(H,30,31)(H,32,33);4-9,11,13-17H,1-3,10,12H2,(H,27,28)(H,29,30);4-7,9,11-17H,1-3,8,10H2,(H,27,28)(H,29,30);2,5-10,12,14-18H,1,3-4,11,13H2,(H,26,27)(H,28,29);7-10,12,14-16H,4-6,11,13,17H2,1-3H3,(H,25,26)(H,27,28). The average Bonchev–Trinajstić information content (AvgIpc) is 0.805. The summed E-state index contributed by atoms with van der Waals surface area (Å²) in [5.74, 6) is -5.42. The van der Waals surface area contributed by atoms with Gasteiger partial charge in [0.2, 0.25) is 5.91 Å². The minimum absolute atomic E-state index is 0.0364. The number of aryl methyl sites for hydroxylation is 10. The summed E-state index contributed by atoms with van der Waals surface area (Å²) in [5.41, 5.74) is 18.0. The summed E-state index contributed by atoms with van der Waals surface area (Å²) in [6, 6.07) is 110. The van der Waals surface area contributed by atoms with Crippen LogP contribution in [0.5, 0.6) is 0 Å². The van der Waals surface area contributed by atoms with Crippen LogP contribution in [0.3, 0.4) is 0 Å². The molecule has 0 aliphatic heterocycles. The van der Waals surface area contributed by atoms with Crippen LogP contribution in [0.15, 0.2) is 364 Å². The van der Waals surface area contributed by atoms with Crippen molar-refractivity contribution in [2.45, 2.75) is 188 Å². The molecule has 15 aromatic rings. The highest BCUT2D eigenvalue weighted by molar-refractivity contribution is 6.34. The van der Waals surface area contributed by atoms with Crippen LogP contribution in [0.4, 0.5) is 32.8 Å². The molecule has 150 heavy (non-hydrogen) atoms. The third-order valence-electron chi connectivity index (χ3n) is 25.5. The van der Waals surface area contributed by atoms with E-state index in [1.54, 1.807) is 97.1 Å². The molecule has 0 atom stereocenters. The van der Waals surface area contributed by atoms with Crippen LogP contribution in [-0.2, 0) is 69.0 Å². The summed E-state index contributed by atoms with van der Waals surface area (Å²) in [6.07, 6.45) is 22.9. The van der Waals surface area contributed by atoms with Gasteiger partial charge in [0.15, 0.2) is 0 Å². The first-order valence-corrected chi connectivity index (χ1v) is 51.6. The van der Waals surface area contributed by atoms with E-state index >= 15 is 0 Å². The largest absolute Gasteiger partial charge is 0.478 e. The van der Waals surface area contributed by atoms with Crippen LogP contribution in [-0.4, -0.2) is 84.9 Å². The lowest BCUT2D eigenvalue weighted by Gasteiger charge is -2.18. The number of carbonyl (C=O) groups is 10. The highest BCUT2D eigenvalue weighted by atomic mass is 35.5.